The van der Waals surface area contributed by atoms with Crippen LogP contribution >= 0.6 is 11.3 Å². The molecule has 0 saturated carbocycles. The number of aromatic nitrogens is 2. The molecule has 6 nitrogen and oxygen atoms in total. The van der Waals surface area contributed by atoms with Crippen LogP contribution in [0.1, 0.15) is 33.9 Å². The highest BCUT2D eigenvalue weighted by atomic mass is 32.1. The Morgan fingerprint density at radius 3 is 2.80 bits per heavy atom. The first-order chi connectivity index (χ1) is 12.0. The van der Waals surface area contributed by atoms with E-state index in [0.29, 0.717) is 16.2 Å². The predicted octanol–water partition coefficient (Wildman–Crippen LogP) is 2.77. The van der Waals surface area contributed by atoms with Crippen LogP contribution in [0.5, 0.6) is 0 Å². The molecule has 3 rings (SSSR count). The predicted molar refractivity (Wildman–Crippen MR) is 93.9 cm³/mol. The molecule has 0 spiro atoms. The standard InChI is InChI=1S/C18H16N2O4S/c1-12-4-2-6-16-19-13(10-17(22)20(12)16)11-24-18(23)8-7-14(21)15-5-3-9-25-15/h2-6,9-10H,7-8,11H2,1H3. The Balaban J connectivity index is 1.60. The zero-order valence-corrected chi connectivity index (χ0v) is 14.4. The van der Waals surface area contributed by atoms with Crippen molar-refractivity contribution >= 4 is 28.7 Å². The summed E-state index contributed by atoms with van der Waals surface area (Å²) < 4.78 is 6.62. The summed E-state index contributed by atoms with van der Waals surface area (Å²) in [4.78, 5) is 40.8. The van der Waals surface area contributed by atoms with E-state index >= 15 is 0 Å². The lowest BCUT2D eigenvalue weighted by Gasteiger charge is -2.07. The van der Waals surface area contributed by atoms with Crippen molar-refractivity contribution in [1.29, 1.82) is 0 Å². The van der Waals surface area contributed by atoms with E-state index in [1.165, 1.54) is 21.8 Å². The molecular formula is C18H16N2O4S. The topological polar surface area (TPSA) is 77.7 Å². The molecule has 0 aromatic carbocycles. The number of thiophene rings is 1. The number of Topliss-reactive ketones (excluding diaryl/α,β-unsaturated/α-hetero) is 1. The van der Waals surface area contributed by atoms with Crippen molar-refractivity contribution in [2.45, 2.75) is 26.4 Å². The van der Waals surface area contributed by atoms with Crippen LogP contribution < -0.4 is 5.56 Å². The summed E-state index contributed by atoms with van der Waals surface area (Å²) in [6, 6.07) is 10.2. The Morgan fingerprint density at radius 2 is 2.04 bits per heavy atom. The van der Waals surface area contributed by atoms with Crippen LogP contribution in [0.15, 0.2) is 46.6 Å². The van der Waals surface area contributed by atoms with Gasteiger partial charge in [0.05, 0.1) is 17.0 Å². The van der Waals surface area contributed by atoms with Crippen molar-refractivity contribution in [2.75, 3.05) is 0 Å². The summed E-state index contributed by atoms with van der Waals surface area (Å²) in [5, 5.41) is 1.82. The van der Waals surface area contributed by atoms with Crippen molar-refractivity contribution in [3.05, 3.63) is 68.4 Å². The molecule has 0 unspecified atom stereocenters. The van der Waals surface area contributed by atoms with Crippen LogP contribution in [0.4, 0.5) is 0 Å². The van der Waals surface area contributed by atoms with Gasteiger partial charge in [-0.05, 0) is 30.5 Å². The lowest BCUT2D eigenvalue weighted by atomic mass is 10.2. The molecule has 0 aliphatic carbocycles. The highest BCUT2D eigenvalue weighted by Crippen LogP contribution is 2.13. The molecular weight excluding hydrogens is 340 g/mol. The molecule has 0 N–H and O–H groups in total. The number of pyridine rings is 1. The van der Waals surface area contributed by atoms with Gasteiger partial charge in [-0.1, -0.05) is 12.1 Å². The lowest BCUT2D eigenvalue weighted by Crippen LogP contribution is -2.18. The number of nitrogens with zero attached hydrogens (tertiary/aromatic N) is 2. The third kappa shape index (κ3) is 4.00. The maximum Gasteiger partial charge on any atom is 0.306 e. The Bertz CT molecular complexity index is 976. The van der Waals surface area contributed by atoms with E-state index in [1.807, 2.05) is 24.4 Å². The van der Waals surface area contributed by atoms with Gasteiger partial charge in [0.2, 0.25) is 0 Å². The SMILES string of the molecule is Cc1cccc2nc(COC(=O)CCC(=O)c3cccs3)cc(=O)n12. The number of ether oxygens (including phenoxy) is 1. The molecule has 128 valence electrons. The van der Waals surface area contributed by atoms with Crippen molar-refractivity contribution in [3.63, 3.8) is 0 Å². The van der Waals surface area contributed by atoms with E-state index < -0.39 is 5.97 Å². The molecule has 0 aliphatic rings. The van der Waals surface area contributed by atoms with Crippen LogP contribution in [0, 0.1) is 6.92 Å². The average Bonchev–Trinajstić information content (AvgIpc) is 3.12. The van der Waals surface area contributed by atoms with Gasteiger partial charge in [-0.15, -0.1) is 11.3 Å². The first-order valence-electron chi connectivity index (χ1n) is 7.75. The smallest absolute Gasteiger partial charge is 0.306 e. The van der Waals surface area contributed by atoms with Gasteiger partial charge in [-0.2, -0.15) is 0 Å². The second-order valence-electron chi connectivity index (χ2n) is 5.51. The summed E-state index contributed by atoms with van der Waals surface area (Å²) in [6.45, 7) is 1.73. The Labute approximate surface area is 147 Å². The van der Waals surface area contributed by atoms with Crippen molar-refractivity contribution in [1.82, 2.24) is 9.38 Å². The number of hydrogen-bond acceptors (Lipinski definition) is 6. The van der Waals surface area contributed by atoms with Gasteiger partial charge in [-0.25, -0.2) is 4.98 Å². The van der Waals surface area contributed by atoms with E-state index in [1.54, 1.807) is 18.2 Å². The third-order valence-corrected chi connectivity index (χ3v) is 4.58. The molecule has 25 heavy (non-hydrogen) atoms. The summed E-state index contributed by atoms with van der Waals surface area (Å²) in [6.07, 6.45) is 0.106. The fraction of sp³-hybridized carbons (Fsp3) is 0.222. The zero-order valence-electron chi connectivity index (χ0n) is 13.6. The summed E-state index contributed by atoms with van der Waals surface area (Å²) in [5.41, 5.74) is 1.45. The molecule has 0 atom stereocenters. The van der Waals surface area contributed by atoms with Crippen LogP contribution in [0.2, 0.25) is 0 Å². The number of hydrogen-bond donors (Lipinski definition) is 0. The number of carbonyl (C=O) groups excluding carboxylic acids is 2. The van der Waals surface area contributed by atoms with Crippen LogP contribution in [0.3, 0.4) is 0 Å². The second-order valence-corrected chi connectivity index (χ2v) is 6.46. The van der Waals surface area contributed by atoms with Crippen molar-refractivity contribution in [2.24, 2.45) is 0 Å². The second kappa shape index (κ2) is 7.40. The fourth-order valence-electron chi connectivity index (χ4n) is 2.44. The normalized spacial score (nSPS) is 10.8. The molecule has 0 saturated heterocycles. The first kappa shape index (κ1) is 17.0. The number of carbonyl (C=O) groups is 2. The summed E-state index contributed by atoms with van der Waals surface area (Å²) >= 11 is 1.35. The zero-order chi connectivity index (χ0) is 17.8. The maximum absolute atomic E-state index is 12.2. The molecule has 0 amide bonds. The van der Waals surface area contributed by atoms with E-state index in [2.05, 4.69) is 4.98 Å². The van der Waals surface area contributed by atoms with Crippen LogP contribution in [-0.4, -0.2) is 21.1 Å². The fourth-order valence-corrected chi connectivity index (χ4v) is 3.13. The maximum atomic E-state index is 12.2. The highest BCUT2D eigenvalue weighted by Gasteiger charge is 2.12. The highest BCUT2D eigenvalue weighted by molar-refractivity contribution is 7.12. The monoisotopic (exact) mass is 356 g/mol. The van der Waals surface area contributed by atoms with Crippen LogP contribution in [-0.2, 0) is 16.1 Å². The largest absolute Gasteiger partial charge is 0.459 e. The molecule has 3 aromatic heterocycles. The minimum atomic E-state index is -0.490. The molecule has 0 aliphatic heterocycles. The lowest BCUT2D eigenvalue weighted by molar-refractivity contribution is -0.145. The molecule has 0 fully saturated rings. The average molecular weight is 356 g/mol. The molecule has 7 heteroatoms. The summed E-state index contributed by atoms with van der Waals surface area (Å²) in [7, 11) is 0. The van der Waals surface area contributed by atoms with Gasteiger partial charge >= 0.3 is 5.97 Å². The Kier molecular flexibility index (Phi) is 5.04. The third-order valence-electron chi connectivity index (χ3n) is 3.67. The van der Waals surface area contributed by atoms with E-state index in [9.17, 15) is 14.4 Å². The van der Waals surface area contributed by atoms with Crippen molar-refractivity contribution in [3.8, 4) is 0 Å². The van der Waals surface area contributed by atoms with E-state index in [-0.39, 0.29) is 30.8 Å². The number of fused-ring (bicyclic) bond motifs is 1. The Morgan fingerprint density at radius 1 is 1.20 bits per heavy atom. The van der Waals surface area contributed by atoms with Gasteiger partial charge < -0.3 is 4.74 Å². The molecule has 3 heterocycles. The van der Waals surface area contributed by atoms with Gasteiger partial charge in [0.1, 0.15) is 12.3 Å². The van der Waals surface area contributed by atoms with Crippen molar-refractivity contribution < 1.29 is 14.3 Å². The molecule has 3 aromatic rings. The summed E-state index contributed by atoms with van der Waals surface area (Å²) in [5.74, 6) is -0.569. The van der Waals surface area contributed by atoms with E-state index in [0.717, 1.165) is 5.69 Å². The quantitative estimate of drug-likeness (QED) is 0.501. The number of ketones is 1. The van der Waals surface area contributed by atoms with Gasteiger partial charge in [0.15, 0.2) is 5.78 Å². The van der Waals surface area contributed by atoms with E-state index in [4.69, 9.17) is 4.74 Å². The van der Waals surface area contributed by atoms with Crippen LogP contribution in [0.25, 0.3) is 5.65 Å². The van der Waals surface area contributed by atoms with Gasteiger partial charge in [0.25, 0.3) is 5.56 Å². The molecule has 0 radical (unpaired) electrons. The number of aryl methyl sites for hydroxylation is 1. The molecule has 0 bridgehead atoms. The van der Waals surface area contributed by atoms with Gasteiger partial charge in [-0.3, -0.25) is 18.8 Å². The first-order valence-corrected chi connectivity index (χ1v) is 8.63. The minimum absolute atomic E-state index is 0.00239. The minimum Gasteiger partial charge on any atom is -0.459 e. The van der Waals surface area contributed by atoms with Gasteiger partial charge in [0, 0.05) is 18.2 Å². The Hall–Kier alpha value is -2.80. The number of esters is 1. The number of rotatable bonds is 6.